The molecule has 1 saturated heterocycles. The molecule has 0 bridgehead atoms. The van der Waals surface area contributed by atoms with E-state index in [9.17, 15) is 4.79 Å². The summed E-state index contributed by atoms with van der Waals surface area (Å²) in [4.78, 5) is 38.4. The number of nitrogens with zero attached hydrogens (tertiary/aromatic N) is 6. The fourth-order valence-electron chi connectivity index (χ4n) is 3.29. The summed E-state index contributed by atoms with van der Waals surface area (Å²) >= 11 is 0. The van der Waals surface area contributed by atoms with Crippen molar-refractivity contribution in [3.63, 3.8) is 0 Å². The van der Waals surface area contributed by atoms with Crippen molar-refractivity contribution in [2.24, 2.45) is 5.92 Å². The molecule has 4 aromatic heterocycles. The monoisotopic (exact) mass is 469 g/mol. The third-order valence-electron chi connectivity index (χ3n) is 5.24. The van der Waals surface area contributed by atoms with Crippen LogP contribution in [0.15, 0.2) is 61.1 Å². The third kappa shape index (κ3) is 5.71. The molecule has 35 heavy (non-hydrogen) atoms. The van der Waals surface area contributed by atoms with E-state index in [0.717, 1.165) is 18.8 Å². The van der Waals surface area contributed by atoms with Crippen molar-refractivity contribution in [3.8, 4) is 11.5 Å². The number of carbonyl (C=O) groups is 1. The molecule has 0 amide bonds. The van der Waals surface area contributed by atoms with Gasteiger partial charge in [0.1, 0.15) is 23.1 Å². The zero-order valence-corrected chi connectivity index (χ0v) is 19.0. The fourth-order valence-corrected chi connectivity index (χ4v) is 3.29. The van der Waals surface area contributed by atoms with Crippen molar-refractivity contribution < 1.29 is 9.53 Å². The average Bonchev–Trinajstić information content (AvgIpc) is 2.84. The maximum Gasteiger partial charge on any atom is 0.339 e. The van der Waals surface area contributed by atoms with Gasteiger partial charge in [0.25, 0.3) is 0 Å². The van der Waals surface area contributed by atoms with Gasteiger partial charge in [-0.3, -0.25) is 0 Å². The Hall–Kier alpha value is -4.51. The summed E-state index contributed by atoms with van der Waals surface area (Å²) in [6.45, 7) is 4.09. The minimum atomic E-state index is -0.386. The summed E-state index contributed by atoms with van der Waals surface area (Å²) < 4.78 is 5.32. The van der Waals surface area contributed by atoms with E-state index in [1.165, 1.54) is 6.20 Å². The summed E-state index contributed by atoms with van der Waals surface area (Å²) in [5.74, 6) is 2.46. The van der Waals surface area contributed by atoms with Gasteiger partial charge in [-0.05, 0) is 43.3 Å². The zero-order chi connectivity index (χ0) is 24.0. The number of rotatable bonds is 8. The lowest BCUT2D eigenvalue weighted by Crippen LogP contribution is -2.44. The topological polar surface area (TPSA) is 140 Å². The van der Waals surface area contributed by atoms with E-state index in [1.54, 1.807) is 36.7 Å². The first-order valence-corrected chi connectivity index (χ1v) is 11.1. The Labute approximate surface area is 201 Å². The number of aryl methyl sites for hydroxylation is 1. The molecule has 0 aliphatic carbocycles. The van der Waals surface area contributed by atoms with Crippen LogP contribution in [0, 0.1) is 12.8 Å². The van der Waals surface area contributed by atoms with E-state index in [-0.39, 0.29) is 5.97 Å². The molecule has 176 valence electrons. The lowest BCUT2D eigenvalue weighted by atomic mass is 10.1. The first-order chi connectivity index (χ1) is 17.1. The first kappa shape index (κ1) is 22.3. The van der Waals surface area contributed by atoms with Crippen LogP contribution in [0.4, 0.5) is 23.4 Å². The van der Waals surface area contributed by atoms with Crippen molar-refractivity contribution in [2.75, 3.05) is 30.3 Å². The minimum Gasteiger partial charge on any atom is -0.462 e. The summed E-state index contributed by atoms with van der Waals surface area (Å²) in [6, 6.07) is 12.5. The maximum atomic E-state index is 12.2. The molecule has 4 aromatic rings. The number of aromatic nitrogens is 6. The molecule has 1 aliphatic rings. The van der Waals surface area contributed by atoms with E-state index >= 15 is 0 Å². The van der Waals surface area contributed by atoms with Gasteiger partial charge in [-0.1, -0.05) is 6.07 Å². The normalized spacial score (nSPS) is 13.1. The summed E-state index contributed by atoms with van der Waals surface area (Å²) in [7, 11) is 0. The number of carbonyl (C=O) groups excluding carboxylic acids is 1. The smallest absolute Gasteiger partial charge is 0.339 e. The number of nitrogens with one attached hydrogen (secondary N) is 3. The lowest BCUT2D eigenvalue weighted by molar-refractivity contribution is 0.0397. The van der Waals surface area contributed by atoms with Crippen molar-refractivity contribution in [3.05, 3.63) is 72.3 Å². The van der Waals surface area contributed by atoms with Crippen molar-refractivity contribution >= 4 is 29.4 Å². The van der Waals surface area contributed by atoms with Gasteiger partial charge in [0.2, 0.25) is 5.95 Å². The molecule has 0 radical (unpaired) electrons. The molecular formula is C24H23N9O2. The van der Waals surface area contributed by atoms with Gasteiger partial charge in [0.05, 0.1) is 12.2 Å². The highest BCUT2D eigenvalue weighted by Gasteiger charge is 2.19. The van der Waals surface area contributed by atoms with E-state index < -0.39 is 0 Å². The zero-order valence-electron chi connectivity index (χ0n) is 19.0. The molecule has 0 atom stereocenters. The molecular weight excluding hydrogens is 446 g/mol. The Bertz CT molecular complexity index is 1330. The maximum absolute atomic E-state index is 12.2. The number of hydrogen-bond donors (Lipinski definition) is 3. The summed E-state index contributed by atoms with van der Waals surface area (Å²) in [6.07, 6.45) is 4.74. The molecule has 5 rings (SSSR count). The number of anilines is 4. The average molecular weight is 470 g/mol. The van der Waals surface area contributed by atoms with E-state index in [0.29, 0.717) is 53.0 Å². The second-order valence-electron chi connectivity index (χ2n) is 8.00. The Morgan fingerprint density at radius 2 is 1.77 bits per heavy atom. The molecule has 0 spiro atoms. The fraction of sp³-hybridized carbons (Fsp3) is 0.208. The van der Waals surface area contributed by atoms with Gasteiger partial charge in [0.15, 0.2) is 5.82 Å². The number of ether oxygens (including phenoxy) is 1. The molecule has 1 fully saturated rings. The predicted molar refractivity (Wildman–Crippen MR) is 129 cm³/mol. The molecule has 0 aromatic carbocycles. The van der Waals surface area contributed by atoms with Crippen LogP contribution in [0.5, 0.6) is 0 Å². The quantitative estimate of drug-likeness (QED) is 0.328. The van der Waals surface area contributed by atoms with Crippen LogP contribution >= 0.6 is 0 Å². The van der Waals surface area contributed by atoms with Gasteiger partial charge in [-0.25, -0.2) is 29.7 Å². The van der Waals surface area contributed by atoms with Crippen LogP contribution in [0.3, 0.4) is 0 Å². The molecule has 11 heteroatoms. The number of pyridine rings is 2. The Kier molecular flexibility index (Phi) is 6.48. The highest BCUT2D eigenvalue weighted by Crippen LogP contribution is 2.18. The van der Waals surface area contributed by atoms with Gasteiger partial charge in [-0.2, -0.15) is 4.98 Å². The van der Waals surface area contributed by atoms with Crippen molar-refractivity contribution in [1.29, 1.82) is 0 Å². The van der Waals surface area contributed by atoms with E-state index in [4.69, 9.17) is 4.74 Å². The number of hydrogen-bond acceptors (Lipinski definition) is 11. The Morgan fingerprint density at radius 1 is 0.943 bits per heavy atom. The molecule has 3 N–H and O–H groups in total. The first-order valence-electron chi connectivity index (χ1n) is 11.1. The van der Waals surface area contributed by atoms with Gasteiger partial charge < -0.3 is 20.7 Å². The van der Waals surface area contributed by atoms with E-state index in [2.05, 4.69) is 45.9 Å². The molecule has 5 heterocycles. The van der Waals surface area contributed by atoms with E-state index in [1.807, 2.05) is 25.1 Å². The highest BCUT2D eigenvalue weighted by atomic mass is 16.5. The number of esters is 1. The van der Waals surface area contributed by atoms with Crippen LogP contribution in [0.1, 0.15) is 16.1 Å². The van der Waals surface area contributed by atoms with Crippen LogP contribution in [-0.4, -0.2) is 55.6 Å². The Morgan fingerprint density at radius 3 is 2.51 bits per heavy atom. The Balaban J connectivity index is 1.22. The van der Waals surface area contributed by atoms with Crippen molar-refractivity contribution in [1.82, 2.24) is 35.2 Å². The molecule has 1 aliphatic heterocycles. The molecule has 11 nitrogen and oxygen atoms in total. The molecule has 0 unspecified atom stereocenters. The standard InChI is InChI=1S/C24H23N9O2/c1-15-3-2-4-18(29-15)22-26-9-7-20(31-22)30-21-8-10-27-24(33-21)32-19-6-5-17(13-28-19)23(34)35-14-16-11-25-12-16/h2-10,13,16,25H,11-12,14H2,1H3,(H2,26,27,28,30,31,32,33). The van der Waals surface area contributed by atoms with Crippen LogP contribution in [-0.2, 0) is 4.74 Å². The lowest BCUT2D eigenvalue weighted by Gasteiger charge is -2.26. The summed E-state index contributed by atoms with van der Waals surface area (Å²) in [5.41, 5.74) is 1.97. The second-order valence-corrected chi connectivity index (χ2v) is 8.00. The predicted octanol–water partition coefficient (Wildman–Crippen LogP) is 2.90. The third-order valence-corrected chi connectivity index (χ3v) is 5.24. The second kappa shape index (κ2) is 10.2. The van der Waals surface area contributed by atoms with Crippen LogP contribution < -0.4 is 16.0 Å². The highest BCUT2D eigenvalue weighted by molar-refractivity contribution is 5.89. The van der Waals surface area contributed by atoms with Gasteiger partial charge in [0, 0.05) is 43.3 Å². The van der Waals surface area contributed by atoms with Gasteiger partial charge in [-0.15, -0.1) is 0 Å². The van der Waals surface area contributed by atoms with Crippen LogP contribution in [0.2, 0.25) is 0 Å². The largest absolute Gasteiger partial charge is 0.462 e. The molecule has 0 saturated carbocycles. The van der Waals surface area contributed by atoms with Gasteiger partial charge >= 0.3 is 5.97 Å². The van der Waals surface area contributed by atoms with Crippen molar-refractivity contribution in [2.45, 2.75) is 6.92 Å². The SMILES string of the molecule is Cc1cccc(-c2nccc(Nc3ccnc(Nc4ccc(C(=O)OCC5CNC5)cn4)n3)n2)n1. The van der Waals surface area contributed by atoms with Crippen LogP contribution in [0.25, 0.3) is 11.5 Å². The summed E-state index contributed by atoms with van der Waals surface area (Å²) in [5, 5.41) is 9.33. The minimum absolute atomic E-state index is 0.338.